The molecule has 1 aliphatic carbocycles. The molecule has 0 bridgehead atoms. The van der Waals surface area contributed by atoms with E-state index in [4.69, 9.17) is 23.2 Å². The molecule has 194 valence electrons. The Labute approximate surface area is 222 Å². The lowest BCUT2D eigenvalue weighted by Crippen LogP contribution is -2.69. The van der Waals surface area contributed by atoms with Gasteiger partial charge in [0.05, 0.1) is 38.0 Å². The Balaban J connectivity index is 1.45. The number of benzene rings is 1. The van der Waals surface area contributed by atoms with Crippen LogP contribution in [0.15, 0.2) is 41.4 Å². The van der Waals surface area contributed by atoms with Gasteiger partial charge in [0.15, 0.2) is 9.84 Å². The van der Waals surface area contributed by atoms with Gasteiger partial charge in [0, 0.05) is 25.8 Å². The van der Waals surface area contributed by atoms with Crippen LogP contribution in [0, 0.1) is 17.1 Å². The Hall–Kier alpha value is -2.62. The number of pyridine rings is 1. The third-order valence-electron chi connectivity index (χ3n) is 7.28. The standard InChI is InChI=1S/C24H22Cl2FN5O4S/c25-14-7-17(27)20(31-9-14)24(12-29-13-24)22(34)32(23(11-28)5-6-23)21(33)18-8-15(10-30-18)37(35,36)19-4-2-1-3-16(19)26/h1-4,7,9,15,18,29-30H,5-6,8,10,12-13H2/t15-,18+/m1/s1. The zero-order valence-corrected chi connectivity index (χ0v) is 21.7. The molecule has 2 aliphatic heterocycles. The van der Waals surface area contributed by atoms with Crippen LogP contribution in [0.3, 0.4) is 0 Å². The molecule has 3 fully saturated rings. The lowest BCUT2D eigenvalue weighted by atomic mass is 9.76. The minimum atomic E-state index is -3.88. The normalized spacial score (nSPS) is 23.5. The van der Waals surface area contributed by atoms with E-state index in [2.05, 4.69) is 21.7 Å². The minimum Gasteiger partial charge on any atom is -0.314 e. The largest absolute Gasteiger partial charge is 0.314 e. The van der Waals surface area contributed by atoms with E-state index in [1.165, 1.54) is 18.3 Å². The van der Waals surface area contributed by atoms with Crippen molar-refractivity contribution in [3.63, 3.8) is 0 Å². The van der Waals surface area contributed by atoms with Crippen molar-refractivity contribution in [1.82, 2.24) is 20.5 Å². The van der Waals surface area contributed by atoms with Crippen molar-refractivity contribution in [2.24, 2.45) is 0 Å². The second kappa shape index (κ2) is 9.29. The first-order valence-electron chi connectivity index (χ1n) is 11.6. The number of nitrogens with zero attached hydrogens (tertiary/aromatic N) is 3. The fourth-order valence-electron chi connectivity index (χ4n) is 4.92. The fraction of sp³-hybridized carbons (Fsp3) is 0.417. The van der Waals surface area contributed by atoms with Crippen LogP contribution < -0.4 is 10.6 Å². The van der Waals surface area contributed by atoms with Crippen molar-refractivity contribution in [1.29, 1.82) is 5.26 Å². The number of imide groups is 1. The number of carbonyl (C=O) groups excluding carboxylic acids is 2. The number of aromatic nitrogens is 1. The average Bonchev–Trinajstić information content (AvgIpc) is 3.44. The summed E-state index contributed by atoms with van der Waals surface area (Å²) >= 11 is 12.0. The molecule has 3 aliphatic rings. The number of rotatable bonds is 6. The summed E-state index contributed by atoms with van der Waals surface area (Å²) in [6.45, 7) is 0.000172. The molecule has 0 unspecified atom stereocenters. The van der Waals surface area contributed by atoms with Gasteiger partial charge in [-0.15, -0.1) is 0 Å². The molecule has 0 radical (unpaired) electrons. The first kappa shape index (κ1) is 26.0. The van der Waals surface area contributed by atoms with Crippen molar-refractivity contribution < 1.29 is 22.4 Å². The van der Waals surface area contributed by atoms with E-state index in [-0.39, 0.29) is 59.5 Å². The summed E-state index contributed by atoms with van der Waals surface area (Å²) in [5, 5.41) is 14.9. The van der Waals surface area contributed by atoms with Crippen molar-refractivity contribution in [3.05, 3.63) is 58.1 Å². The molecule has 2 aromatic rings. The highest BCUT2D eigenvalue weighted by Crippen LogP contribution is 2.45. The van der Waals surface area contributed by atoms with Gasteiger partial charge in [0.25, 0.3) is 0 Å². The fourth-order valence-corrected chi connectivity index (χ4v) is 7.26. The summed E-state index contributed by atoms with van der Waals surface area (Å²) in [5.74, 6) is -2.26. The monoisotopic (exact) mass is 565 g/mol. The summed E-state index contributed by atoms with van der Waals surface area (Å²) in [7, 11) is -3.88. The maximum absolute atomic E-state index is 14.9. The van der Waals surface area contributed by atoms with E-state index < -0.39 is 49.7 Å². The topological polar surface area (TPSA) is 132 Å². The van der Waals surface area contributed by atoms with E-state index in [1.807, 2.05) is 0 Å². The van der Waals surface area contributed by atoms with E-state index in [9.17, 15) is 27.7 Å². The molecule has 9 nitrogen and oxygen atoms in total. The Morgan fingerprint density at radius 1 is 1.22 bits per heavy atom. The van der Waals surface area contributed by atoms with Gasteiger partial charge in [-0.05, 0) is 37.5 Å². The van der Waals surface area contributed by atoms with Crippen LogP contribution in [-0.2, 0) is 24.8 Å². The first-order valence-corrected chi connectivity index (χ1v) is 13.9. The third-order valence-corrected chi connectivity index (χ3v) is 10.1. The van der Waals surface area contributed by atoms with Gasteiger partial charge in [-0.2, -0.15) is 5.26 Å². The second-order valence-corrected chi connectivity index (χ2v) is 12.6. The number of sulfone groups is 1. The predicted octanol–water partition coefficient (Wildman–Crippen LogP) is 1.98. The van der Waals surface area contributed by atoms with E-state index in [0.29, 0.717) is 0 Å². The molecule has 3 heterocycles. The second-order valence-electron chi connectivity index (χ2n) is 9.59. The van der Waals surface area contributed by atoms with Crippen LogP contribution in [0.4, 0.5) is 4.39 Å². The van der Waals surface area contributed by atoms with Crippen LogP contribution >= 0.6 is 23.2 Å². The molecule has 2 atom stereocenters. The van der Waals surface area contributed by atoms with Crippen LogP contribution in [0.1, 0.15) is 25.0 Å². The molecule has 1 saturated carbocycles. The molecular formula is C24H22Cl2FN5O4S. The Bertz CT molecular complexity index is 1440. The molecule has 2 amide bonds. The summed E-state index contributed by atoms with van der Waals surface area (Å²) in [6.07, 6.45) is 1.65. The van der Waals surface area contributed by atoms with Gasteiger partial charge < -0.3 is 10.6 Å². The molecule has 5 rings (SSSR count). The maximum atomic E-state index is 14.9. The number of nitriles is 1. The van der Waals surface area contributed by atoms with Crippen LogP contribution in [0.25, 0.3) is 0 Å². The molecule has 2 saturated heterocycles. The first-order chi connectivity index (χ1) is 17.6. The van der Waals surface area contributed by atoms with Crippen LogP contribution in [0.2, 0.25) is 10.0 Å². The van der Waals surface area contributed by atoms with Gasteiger partial charge >= 0.3 is 0 Å². The zero-order chi connectivity index (χ0) is 26.6. The van der Waals surface area contributed by atoms with Gasteiger partial charge in [0.1, 0.15) is 16.8 Å². The molecule has 0 spiro atoms. The lowest BCUT2D eigenvalue weighted by Gasteiger charge is -2.44. The number of hydrogen-bond acceptors (Lipinski definition) is 8. The van der Waals surface area contributed by atoms with Crippen LogP contribution in [0.5, 0.6) is 0 Å². The summed E-state index contributed by atoms with van der Waals surface area (Å²) in [4.78, 5) is 32.7. The summed E-state index contributed by atoms with van der Waals surface area (Å²) < 4.78 is 41.3. The van der Waals surface area contributed by atoms with Gasteiger partial charge in [0.2, 0.25) is 11.8 Å². The third kappa shape index (κ3) is 4.21. The molecule has 37 heavy (non-hydrogen) atoms. The number of nitrogens with one attached hydrogen (secondary N) is 2. The van der Waals surface area contributed by atoms with Crippen molar-refractivity contribution >= 4 is 44.9 Å². The smallest absolute Gasteiger partial charge is 0.247 e. The molecule has 2 N–H and O–H groups in total. The average molecular weight is 566 g/mol. The van der Waals surface area contributed by atoms with Crippen molar-refractivity contribution in [2.45, 2.75) is 46.4 Å². The van der Waals surface area contributed by atoms with Gasteiger partial charge in [-0.25, -0.2) is 12.8 Å². The van der Waals surface area contributed by atoms with E-state index >= 15 is 0 Å². The molecule has 1 aromatic heterocycles. The Kier molecular flexibility index (Phi) is 6.53. The molecule has 13 heteroatoms. The van der Waals surface area contributed by atoms with Crippen molar-refractivity contribution in [3.8, 4) is 6.07 Å². The van der Waals surface area contributed by atoms with Crippen LogP contribution in [-0.4, -0.2) is 66.6 Å². The quantitative estimate of drug-likeness (QED) is 0.508. The van der Waals surface area contributed by atoms with Gasteiger partial charge in [-0.3, -0.25) is 19.5 Å². The highest BCUT2D eigenvalue weighted by Gasteiger charge is 2.62. The highest BCUT2D eigenvalue weighted by molar-refractivity contribution is 7.92. The number of hydrogen-bond donors (Lipinski definition) is 2. The number of halogens is 3. The highest BCUT2D eigenvalue weighted by atomic mass is 35.5. The van der Waals surface area contributed by atoms with E-state index in [0.717, 1.165) is 11.0 Å². The lowest BCUT2D eigenvalue weighted by molar-refractivity contribution is -0.154. The predicted molar refractivity (Wildman–Crippen MR) is 132 cm³/mol. The molecule has 1 aromatic carbocycles. The number of carbonyl (C=O) groups is 2. The number of amides is 2. The summed E-state index contributed by atoms with van der Waals surface area (Å²) in [5.41, 5.74) is -3.04. The zero-order valence-electron chi connectivity index (χ0n) is 19.4. The SMILES string of the molecule is N#CC1(N(C(=O)[C@@H]2C[C@@H](S(=O)(=O)c3ccccc3Cl)CN2)C(=O)C2(c3ncc(Cl)cc3F)CNC2)CC1. The molecular weight excluding hydrogens is 544 g/mol. The van der Waals surface area contributed by atoms with Crippen molar-refractivity contribution in [2.75, 3.05) is 19.6 Å². The Morgan fingerprint density at radius 2 is 1.92 bits per heavy atom. The van der Waals surface area contributed by atoms with Gasteiger partial charge in [-0.1, -0.05) is 35.3 Å². The van der Waals surface area contributed by atoms with E-state index in [1.54, 1.807) is 12.1 Å². The minimum absolute atomic E-state index is 0.0181. The maximum Gasteiger partial charge on any atom is 0.247 e. The Morgan fingerprint density at radius 3 is 2.49 bits per heavy atom. The summed E-state index contributed by atoms with van der Waals surface area (Å²) in [6, 6.07) is 8.13.